The highest BCUT2D eigenvalue weighted by Crippen LogP contribution is 2.09. The Morgan fingerprint density at radius 3 is 2.67 bits per heavy atom. The second kappa shape index (κ2) is 7.32. The summed E-state index contributed by atoms with van der Waals surface area (Å²) in [6.07, 6.45) is 1.98. The minimum absolute atomic E-state index is 0.0727. The first-order valence-corrected chi connectivity index (χ1v) is 6.71. The summed E-state index contributed by atoms with van der Waals surface area (Å²) in [5, 5.41) is 11.5. The maximum absolute atomic E-state index is 11.9. The summed E-state index contributed by atoms with van der Waals surface area (Å²) in [5.41, 5.74) is 2.70. The molecule has 0 aliphatic carbocycles. The van der Waals surface area contributed by atoms with E-state index < -0.39 is 0 Å². The standard InChI is InChI=1S/C17H17NO3/c1-13-9-11-21-16(13)17(20)18-12-15-7-5-14(6-8-15)4-2-3-10-19/h5-9,11,19H,3,10,12H2,1H3,(H,18,20). The highest BCUT2D eigenvalue weighted by Gasteiger charge is 2.11. The molecule has 0 spiro atoms. The molecule has 0 atom stereocenters. The average Bonchev–Trinajstić information content (AvgIpc) is 2.92. The smallest absolute Gasteiger partial charge is 0.287 e. The third-order valence-corrected chi connectivity index (χ3v) is 2.94. The normalized spacial score (nSPS) is 9.81. The molecule has 0 aliphatic rings. The molecule has 0 saturated carbocycles. The average molecular weight is 283 g/mol. The second-order valence-electron chi connectivity index (χ2n) is 4.59. The van der Waals surface area contributed by atoms with Gasteiger partial charge in [0.2, 0.25) is 0 Å². The number of benzene rings is 1. The Hall–Kier alpha value is -2.51. The summed E-state index contributed by atoms with van der Waals surface area (Å²) in [5.74, 6) is 5.95. The molecule has 2 rings (SSSR count). The van der Waals surface area contributed by atoms with E-state index in [0.29, 0.717) is 18.7 Å². The fourth-order valence-corrected chi connectivity index (χ4v) is 1.79. The Balaban J connectivity index is 1.91. The lowest BCUT2D eigenvalue weighted by Crippen LogP contribution is -2.22. The van der Waals surface area contributed by atoms with Crippen molar-refractivity contribution in [3.63, 3.8) is 0 Å². The molecule has 21 heavy (non-hydrogen) atoms. The van der Waals surface area contributed by atoms with Crippen molar-refractivity contribution in [2.75, 3.05) is 6.61 Å². The van der Waals surface area contributed by atoms with Gasteiger partial charge in [-0.2, -0.15) is 0 Å². The van der Waals surface area contributed by atoms with Crippen LogP contribution in [0.4, 0.5) is 0 Å². The zero-order chi connectivity index (χ0) is 15.1. The zero-order valence-corrected chi connectivity index (χ0v) is 11.8. The zero-order valence-electron chi connectivity index (χ0n) is 11.8. The van der Waals surface area contributed by atoms with Crippen LogP contribution in [0.5, 0.6) is 0 Å². The number of rotatable bonds is 4. The molecule has 2 aromatic rings. The summed E-state index contributed by atoms with van der Waals surface area (Å²) in [7, 11) is 0. The van der Waals surface area contributed by atoms with Crippen molar-refractivity contribution in [1.82, 2.24) is 5.32 Å². The number of hydrogen-bond acceptors (Lipinski definition) is 3. The fraction of sp³-hybridized carbons (Fsp3) is 0.235. The van der Waals surface area contributed by atoms with Crippen LogP contribution >= 0.6 is 0 Å². The number of nitrogens with one attached hydrogen (secondary N) is 1. The fourth-order valence-electron chi connectivity index (χ4n) is 1.79. The van der Waals surface area contributed by atoms with Crippen LogP contribution in [0.3, 0.4) is 0 Å². The molecule has 0 unspecified atom stereocenters. The van der Waals surface area contributed by atoms with Crippen LogP contribution in [-0.2, 0) is 6.54 Å². The molecule has 4 nitrogen and oxygen atoms in total. The third kappa shape index (κ3) is 4.23. The monoisotopic (exact) mass is 283 g/mol. The number of aryl methyl sites for hydroxylation is 1. The van der Waals surface area contributed by atoms with E-state index in [4.69, 9.17) is 9.52 Å². The van der Waals surface area contributed by atoms with Gasteiger partial charge in [0.25, 0.3) is 5.91 Å². The molecule has 0 aliphatic heterocycles. The van der Waals surface area contributed by atoms with Gasteiger partial charge in [0, 0.05) is 24.1 Å². The first-order valence-electron chi connectivity index (χ1n) is 6.71. The Morgan fingerprint density at radius 2 is 2.05 bits per heavy atom. The van der Waals surface area contributed by atoms with E-state index in [1.165, 1.54) is 6.26 Å². The van der Waals surface area contributed by atoms with Gasteiger partial charge in [-0.15, -0.1) is 0 Å². The van der Waals surface area contributed by atoms with Crippen LogP contribution < -0.4 is 5.32 Å². The summed E-state index contributed by atoms with van der Waals surface area (Å²) < 4.78 is 5.14. The van der Waals surface area contributed by atoms with E-state index in [0.717, 1.165) is 16.7 Å². The largest absolute Gasteiger partial charge is 0.459 e. The van der Waals surface area contributed by atoms with Crippen molar-refractivity contribution in [1.29, 1.82) is 0 Å². The minimum Gasteiger partial charge on any atom is -0.459 e. The number of aliphatic hydroxyl groups is 1. The van der Waals surface area contributed by atoms with E-state index in [2.05, 4.69) is 17.2 Å². The van der Waals surface area contributed by atoms with Crippen molar-refractivity contribution in [2.24, 2.45) is 0 Å². The Morgan fingerprint density at radius 1 is 1.29 bits per heavy atom. The van der Waals surface area contributed by atoms with Crippen LogP contribution in [0.25, 0.3) is 0 Å². The maximum Gasteiger partial charge on any atom is 0.287 e. The first kappa shape index (κ1) is 14.9. The van der Waals surface area contributed by atoms with Crippen molar-refractivity contribution < 1.29 is 14.3 Å². The van der Waals surface area contributed by atoms with E-state index in [1.807, 2.05) is 31.2 Å². The SMILES string of the molecule is Cc1ccoc1C(=O)NCc1ccc(C#CCCO)cc1. The van der Waals surface area contributed by atoms with E-state index >= 15 is 0 Å². The number of hydrogen-bond donors (Lipinski definition) is 2. The summed E-state index contributed by atoms with van der Waals surface area (Å²) >= 11 is 0. The Bertz CT molecular complexity index is 659. The molecule has 4 heteroatoms. The van der Waals surface area contributed by atoms with Crippen molar-refractivity contribution in [3.05, 3.63) is 59.0 Å². The molecule has 2 N–H and O–H groups in total. The highest BCUT2D eigenvalue weighted by atomic mass is 16.3. The molecule has 108 valence electrons. The van der Waals surface area contributed by atoms with Gasteiger partial charge >= 0.3 is 0 Å². The predicted octanol–water partition coefficient (Wildman–Crippen LogP) is 2.25. The van der Waals surface area contributed by atoms with Gasteiger partial charge in [-0.1, -0.05) is 24.0 Å². The van der Waals surface area contributed by atoms with Crippen molar-refractivity contribution >= 4 is 5.91 Å². The lowest BCUT2D eigenvalue weighted by atomic mass is 10.1. The van der Waals surface area contributed by atoms with Crippen LogP contribution in [0, 0.1) is 18.8 Å². The summed E-state index contributed by atoms with van der Waals surface area (Å²) in [6.45, 7) is 2.34. The van der Waals surface area contributed by atoms with Gasteiger partial charge in [-0.25, -0.2) is 0 Å². The molecule has 1 aromatic heterocycles. The van der Waals surface area contributed by atoms with Gasteiger partial charge in [-0.3, -0.25) is 4.79 Å². The van der Waals surface area contributed by atoms with Gasteiger partial charge in [0.05, 0.1) is 12.9 Å². The quantitative estimate of drug-likeness (QED) is 0.846. The van der Waals surface area contributed by atoms with Gasteiger partial charge in [0.1, 0.15) is 0 Å². The van der Waals surface area contributed by atoms with Gasteiger partial charge in [-0.05, 0) is 30.7 Å². The highest BCUT2D eigenvalue weighted by molar-refractivity contribution is 5.92. The summed E-state index contributed by atoms with van der Waals surface area (Å²) in [6, 6.07) is 9.37. The van der Waals surface area contributed by atoms with Crippen molar-refractivity contribution in [2.45, 2.75) is 19.9 Å². The van der Waals surface area contributed by atoms with Crippen LogP contribution in [0.2, 0.25) is 0 Å². The lowest BCUT2D eigenvalue weighted by molar-refractivity contribution is 0.0922. The van der Waals surface area contributed by atoms with Crippen LogP contribution in [0.1, 0.15) is 33.7 Å². The number of carbonyl (C=O) groups is 1. The molecule has 0 radical (unpaired) electrons. The molecule has 0 saturated heterocycles. The molecule has 0 bridgehead atoms. The molecule has 0 fully saturated rings. The second-order valence-corrected chi connectivity index (χ2v) is 4.59. The molecule has 1 aromatic carbocycles. The topological polar surface area (TPSA) is 62.5 Å². The first-order chi connectivity index (χ1) is 10.2. The van der Waals surface area contributed by atoms with Gasteiger partial charge in [0.15, 0.2) is 5.76 Å². The number of amides is 1. The molecule has 1 amide bonds. The van der Waals surface area contributed by atoms with E-state index in [-0.39, 0.29) is 12.5 Å². The number of furan rings is 1. The predicted molar refractivity (Wildman–Crippen MR) is 79.6 cm³/mol. The molecular formula is C17H17NO3. The third-order valence-electron chi connectivity index (χ3n) is 2.94. The molecular weight excluding hydrogens is 266 g/mol. The maximum atomic E-state index is 11.9. The molecule has 1 heterocycles. The van der Waals surface area contributed by atoms with Gasteiger partial charge < -0.3 is 14.8 Å². The minimum atomic E-state index is -0.218. The van der Waals surface area contributed by atoms with Crippen LogP contribution in [-0.4, -0.2) is 17.6 Å². The Labute approximate surface area is 123 Å². The number of aliphatic hydroxyl groups excluding tert-OH is 1. The Kier molecular flexibility index (Phi) is 5.19. The van der Waals surface area contributed by atoms with E-state index in [1.54, 1.807) is 6.07 Å². The van der Waals surface area contributed by atoms with Crippen LogP contribution in [0.15, 0.2) is 41.0 Å². The summed E-state index contributed by atoms with van der Waals surface area (Å²) in [4.78, 5) is 11.9. The van der Waals surface area contributed by atoms with E-state index in [9.17, 15) is 4.79 Å². The van der Waals surface area contributed by atoms with Crippen molar-refractivity contribution in [3.8, 4) is 11.8 Å². The lowest BCUT2D eigenvalue weighted by Gasteiger charge is -2.04. The number of carbonyl (C=O) groups excluding carboxylic acids is 1.